The first-order chi connectivity index (χ1) is 10.2. The summed E-state index contributed by atoms with van der Waals surface area (Å²) in [7, 11) is 0. The average Bonchev–Trinajstić information content (AvgIpc) is 3.03. The Labute approximate surface area is 129 Å². The molecule has 1 aliphatic heterocycles. The first kappa shape index (κ1) is 14.6. The summed E-state index contributed by atoms with van der Waals surface area (Å²) in [5, 5.41) is 17.9. The maximum atomic E-state index is 10.3. The minimum atomic E-state index is -0.451. The number of hydrogen-bond donors (Lipinski definition) is 2. The van der Waals surface area contributed by atoms with E-state index >= 15 is 0 Å². The zero-order chi connectivity index (χ0) is 14.7. The number of nitrogens with one attached hydrogen (secondary N) is 1. The molecule has 0 aliphatic carbocycles. The lowest BCUT2D eigenvalue weighted by atomic mass is 9.91. The normalized spacial score (nSPS) is 18.8. The summed E-state index contributed by atoms with van der Waals surface area (Å²) in [6, 6.07) is 7.44. The van der Waals surface area contributed by atoms with E-state index in [9.17, 15) is 5.11 Å². The summed E-state index contributed by atoms with van der Waals surface area (Å²) in [6.45, 7) is 2.71. The number of aliphatic hydroxyl groups excluding tert-OH is 1. The van der Waals surface area contributed by atoms with Gasteiger partial charge in [0.1, 0.15) is 0 Å². The van der Waals surface area contributed by atoms with Gasteiger partial charge in [0.2, 0.25) is 0 Å². The summed E-state index contributed by atoms with van der Waals surface area (Å²) in [6.07, 6.45) is 5.69. The second kappa shape index (κ2) is 6.60. The Kier molecular flexibility index (Phi) is 4.58. The van der Waals surface area contributed by atoms with E-state index in [1.54, 1.807) is 0 Å². The third-order valence-electron chi connectivity index (χ3n) is 4.26. The highest BCUT2D eigenvalue weighted by molar-refractivity contribution is 6.30. The number of hydrogen-bond acceptors (Lipinski definition) is 3. The zero-order valence-corrected chi connectivity index (χ0v) is 12.6. The Morgan fingerprint density at radius 2 is 2.00 bits per heavy atom. The van der Waals surface area contributed by atoms with Crippen LogP contribution in [0.25, 0.3) is 0 Å². The lowest BCUT2D eigenvalue weighted by molar-refractivity contribution is 0.0973. The van der Waals surface area contributed by atoms with Crippen LogP contribution in [0.15, 0.2) is 36.7 Å². The fourth-order valence-electron chi connectivity index (χ4n) is 2.97. The van der Waals surface area contributed by atoms with Crippen LogP contribution in [0.5, 0.6) is 0 Å². The predicted octanol–water partition coefficient (Wildman–Crippen LogP) is 2.98. The monoisotopic (exact) mass is 305 g/mol. The van der Waals surface area contributed by atoms with Gasteiger partial charge in [-0.25, -0.2) is 0 Å². The lowest BCUT2D eigenvalue weighted by Gasteiger charge is -2.32. The van der Waals surface area contributed by atoms with Crippen LogP contribution in [0.1, 0.15) is 36.0 Å². The number of β-amino-alcohol motifs (C(OH)–C–C–N with tert-alkyl or cyclic N) is 1. The van der Waals surface area contributed by atoms with Crippen molar-refractivity contribution in [3.05, 3.63) is 52.8 Å². The molecule has 2 N–H and O–H groups in total. The number of nitrogens with zero attached hydrogens (tertiary/aromatic N) is 2. The third kappa shape index (κ3) is 3.64. The van der Waals surface area contributed by atoms with Crippen LogP contribution in [0.2, 0.25) is 5.02 Å². The van der Waals surface area contributed by atoms with Crippen LogP contribution in [-0.4, -0.2) is 39.8 Å². The fraction of sp³-hybridized carbons (Fsp3) is 0.438. The number of aromatic nitrogens is 2. The van der Waals surface area contributed by atoms with Gasteiger partial charge in [-0.1, -0.05) is 23.7 Å². The van der Waals surface area contributed by atoms with Crippen molar-refractivity contribution in [1.82, 2.24) is 15.1 Å². The first-order valence-corrected chi connectivity index (χ1v) is 7.75. The Morgan fingerprint density at radius 1 is 1.29 bits per heavy atom. The average molecular weight is 306 g/mol. The molecule has 0 spiro atoms. The van der Waals surface area contributed by atoms with Gasteiger partial charge in [-0.2, -0.15) is 5.10 Å². The zero-order valence-electron chi connectivity index (χ0n) is 11.9. The molecule has 2 heterocycles. The summed E-state index contributed by atoms with van der Waals surface area (Å²) in [5.74, 6) is 0.590. The topological polar surface area (TPSA) is 52.1 Å². The van der Waals surface area contributed by atoms with E-state index in [2.05, 4.69) is 15.1 Å². The quantitative estimate of drug-likeness (QED) is 0.913. The van der Waals surface area contributed by atoms with Crippen molar-refractivity contribution < 1.29 is 5.11 Å². The smallest absolute Gasteiger partial charge is 0.0916 e. The lowest BCUT2D eigenvalue weighted by Crippen LogP contribution is -2.35. The highest BCUT2D eigenvalue weighted by Gasteiger charge is 2.23. The predicted molar refractivity (Wildman–Crippen MR) is 83.4 cm³/mol. The van der Waals surface area contributed by atoms with Crippen molar-refractivity contribution in [3.8, 4) is 0 Å². The number of H-pyrrole nitrogens is 1. The Hall–Kier alpha value is -1.36. The van der Waals surface area contributed by atoms with Gasteiger partial charge in [-0.05, 0) is 55.1 Å². The van der Waals surface area contributed by atoms with E-state index in [1.807, 2.05) is 36.7 Å². The Morgan fingerprint density at radius 3 is 2.62 bits per heavy atom. The van der Waals surface area contributed by atoms with Crippen molar-refractivity contribution in [2.24, 2.45) is 0 Å². The van der Waals surface area contributed by atoms with Crippen LogP contribution in [0.4, 0.5) is 0 Å². The van der Waals surface area contributed by atoms with Crippen LogP contribution in [0, 0.1) is 0 Å². The third-order valence-corrected chi connectivity index (χ3v) is 4.52. The van der Waals surface area contributed by atoms with Gasteiger partial charge in [0, 0.05) is 17.8 Å². The molecular formula is C16H20ClN3O. The number of halogens is 1. The SMILES string of the molecule is O[C@H](CN1CCC(c2cn[nH]c2)CC1)c1ccc(Cl)cc1. The molecule has 2 aromatic rings. The number of aliphatic hydroxyl groups is 1. The van der Waals surface area contributed by atoms with Crippen molar-refractivity contribution in [3.63, 3.8) is 0 Å². The van der Waals surface area contributed by atoms with Crippen LogP contribution in [-0.2, 0) is 0 Å². The summed E-state index contributed by atoms with van der Waals surface area (Å²) >= 11 is 5.87. The Balaban J connectivity index is 1.52. The maximum Gasteiger partial charge on any atom is 0.0916 e. The van der Waals surface area contributed by atoms with Gasteiger partial charge >= 0.3 is 0 Å². The molecule has 21 heavy (non-hydrogen) atoms. The van der Waals surface area contributed by atoms with Gasteiger partial charge in [-0.3, -0.25) is 5.10 Å². The van der Waals surface area contributed by atoms with Gasteiger partial charge in [0.15, 0.2) is 0 Å². The summed E-state index contributed by atoms with van der Waals surface area (Å²) in [5.41, 5.74) is 2.23. The highest BCUT2D eigenvalue weighted by atomic mass is 35.5. The van der Waals surface area contributed by atoms with E-state index < -0.39 is 6.10 Å². The van der Waals surface area contributed by atoms with E-state index in [1.165, 1.54) is 5.56 Å². The molecule has 112 valence electrons. The molecule has 1 saturated heterocycles. The number of likely N-dealkylation sites (tertiary alicyclic amines) is 1. The molecule has 1 aromatic carbocycles. The van der Waals surface area contributed by atoms with Crippen LogP contribution < -0.4 is 0 Å². The first-order valence-electron chi connectivity index (χ1n) is 7.37. The van der Waals surface area contributed by atoms with Crippen molar-refractivity contribution in [1.29, 1.82) is 0 Å². The molecule has 1 aromatic heterocycles. The molecular weight excluding hydrogens is 286 g/mol. The second-order valence-corrected chi connectivity index (χ2v) is 6.11. The van der Waals surface area contributed by atoms with Crippen molar-refractivity contribution >= 4 is 11.6 Å². The van der Waals surface area contributed by atoms with E-state index in [4.69, 9.17) is 11.6 Å². The molecule has 1 atom stereocenters. The number of piperidine rings is 1. The maximum absolute atomic E-state index is 10.3. The molecule has 0 radical (unpaired) electrons. The molecule has 3 rings (SSSR count). The molecule has 0 unspecified atom stereocenters. The second-order valence-electron chi connectivity index (χ2n) is 5.67. The Bertz CT molecular complexity index is 547. The van der Waals surface area contributed by atoms with Gasteiger partial charge < -0.3 is 10.0 Å². The minimum Gasteiger partial charge on any atom is -0.387 e. The highest BCUT2D eigenvalue weighted by Crippen LogP contribution is 2.28. The minimum absolute atomic E-state index is 0.451. The van der Waals surface area contributed by atoms with Crippen molar-refractivity contribution in [2.75, 3.05) is 19.6 Å². The molecule has 5 heteroatoms. The summed E-state index contributed by atoms with van der Waals surface area (Å²) in [4.78, 5) is 2.33. The van der Waals surface area contributed by atoms with Crippen LogP contribution in [0.3, 0.4) is 0 Å². The number of benzene rings is 1. The molecule has 0 saturated carbocycles. The molecule has 4 nitrogen and oxygen atoms in total. The van der Waals surface area contributed by atoms with Crippen molar-refractivity contribution in [2.45, 2.75) is 24.9 Å². The summed E-state index contributed by atoms with van der Waals surface area (Å²) < 4.78 is 0. The van der Waals surface area contributed by atoms with Crippen LogP contribution >= 0.6 is 11.6 Å². The van der Waals surface area contributed by atoms with E-state index in [0.29, 0.717) is 17.5 Å². The number of aromatic amines is 1. The van der Waals surface area contributed by atoms with E-state index in [-0.39, 0.29) is 0 Å². The van der Waals surface area contributed by atoms with Gasteiger partial charge in [0.05, 0.1) is 12.3 Å². The molecule has 1 aliphatic rings. The molecule has 0 amide bonds. The standard InChI is InChI=1S/C16H20ClN3O/c17-15-3-1-13(2-4-15)16(21)11-20-7-5-12(6-8-20)14-9-18-19-10-14/h1-4,9-10,12,16,21H,5-8,11H2,(H,18,19)/t16-/m1/s1. The molecule has 1 fully saturated rings. The number of rotatable bonds is 4. The molecule has 0 bridgehead atoms. The van der Waals surface area contributed by atoms with Gasteiger partial charge in [0.25, 0.3) is 0 Å². The van der Waals surface area contributed by atoms with E-state index in [0.717, 1.165) is 31.5 Å². The fourth-order valence-corrected chi connectivity index (χ4v) is 3.09. The largest absolute Gasteiger partial charge is 0.387 e. The van der Waals surface area contributed by atoms with Gasteiger partial charge in [-0.15, -0.1) is 0 Å².